The molecule has 3 saturated heterocycles. The summed E-state index contributed by atoms with van der Waals surface area (Å²) in [5, 5.41) is 3.53. The molecule has 12 nitrogen and oxygen atoms in total. The Kier molecular flexibility index (Phi) is 8.47. The molecule has 1 N–H and O–H groups in total. The van der Waals surface area contributed by atoms with Crippen molar-refractivity contribution in [2.45, 2.75) is 25.8 Å². The van der Waals surface area contributed by atoms with Gasteiger partial charge in [0.05, 0.1) is 26.9 Å². The summed E-state index contributed by atoms with van der Waals surface area (Å²) in [6, 6.07) is 8.38. The van der Waals surface area contributed by atoms with Crippen LogP contribution in [0.4, 0.5) is 28.3 Å². The molecule has 0 bridgehead atoms. The zero-order valence-electron chi connectivity index (χ0n) is 22.3. The highest BCUT2D eigenvalue weighted by Crippen LogP contribution is 2.24. The fourth-order valence-corrected chi connectivity index (χ4v) is 5.03. The van der Waals surface area contributed by atoms with Crippen molar-refractivity contribution in [1.29, 1.82) is 0 Å². The number of nitrogens with zero attached hydrogens (tertiary/aromatic N) is 7. The van der Waals surface area contributed by atoms with E-state index >= 15 is 0 Å². The summed E-state index contributed by atoms with van der Waals surface area (Å²) in [6.07, 6.45) is 1.39. The number of anilines is 4. The number of methoxy groups -OCH3 is 1. The van der Waals surface area contributed by atoms with Crippen LogP contribution in [-0.4, -0.2) is 111 Å². The zero-order valence-corrected chi connectivity index (χ0v) is 22.3. The fraction of sp³-hybridized carbons (Fsp3) is 0.615. The normalized spacial score (nSPS) is 18.9. The van der Waals surface area contributed by atoms with E-state index in [1.54, 1.807) is 12.0 Å². The molecule has 5 rings (SSSR count). The van der Waals surface area contributed by atoms with Crippen LogP contribution in [0.3, 0.4) is 0 Å². The highest BCUT2D eigenvalue weighted by molar-refractivity contribution is 5.67. The van der Waals surface area contributed by atoms with Crippen LogP contribution in [0.1, 0.15) is 19.8 Å². The number of piperazine rings is 1. The van der Waals surface area contributed by atoms with Crippen molar-refractivity contribution in [2.75, 3.05) is 99.3 Å². The van der Waals surface area contributed by atoms with Gasteiger partial charge in [0.25, 0.3) is 0 Å². The molecule has 4 heterocycles. The van der Waals surface area contributed by atoms with E-state index in [1.165, 1.54) is 5.69 Å². The number of hydrogen-bond acceptors (Lipinski definition) is 11. The monoisotopic (exact) mass is 526 g/mol. The number of piperidine rings is 1. The number of likely N-dealkylation sites (tertiary alicyclic amines) is 1. The van der Waals surface area contributed by atoms with E-state index in [-0.39, 0.29) is 12.1 Å². The molecule has 0 unspecified atom stereocenters. The molecule has 3 aliphatic rings. The third-order valence-corrected chi connectivity index (χ3v) is 7.26. The van der Waals surface area contributed by atoms with Gasteiger partial charge in [0, 0.05) is 64.1 Å². The SMILES string of the molecule is CCOC(=O)N1CCC(Nc2nc(N3CCOCC3)nc(N3CCN(c4ccc(OC)cc4)CC3)n2)CC1. The molecule has 206 valence electrons. The van der Waals surface area contributed by atoms with Gasteiger partial charge < -0.3 is 39.1 Å². The molecule has 0 radical (unpaired) electrons. The van der Waals surface area contributed by atoms with Gasteiger partial charge in [-0.1, -0.05) is 0 Å². The van der Waals surface area contributed by atoms with E-state index in [9.17, 15) is 4.79 Å². The second-order valence-electron chi connectivity index (χ2n) is 9.64. The van der Waals surface area contributed by atoms with Crippen molar-refractivity contribution < 1.29 is 19.0 Å². The molecule has 0 spiro atoms. The van der Waals surface area contributed by atoms with Crippen molar-refractivity contribution in [3.05, 3.63) is 24.3 Å². The molecule has 1 amide bonds. The minimum atomic E-state index is -0.239. The number of ether oxygens (including phenoxy) is 3. The first-order valence-corrected chi connectivity index (χ1v) is 13.5. The summed E-state index contributed by atoms with van der Waals surface area (Å²) in [6.45, 7) is 9.74. The van der Waals surface area contributed by atoms with Gasteiger partial charge in [-0.25, -0.2) is 4.79 Å². The Balaban J connectivity index is 1.26. The number of amides is 1. The maximum atomic E-state index is 12.1. The first-order valence-electron chi connectivity index (χ1n) is 13.5. The molecule has 1 aromatic carbocycles. The fourth-order valence-electron chi connectivity index (χ4n) is 5.03. The summed E-state index contributed by atoms with van der Waals surface area (Å²) in [7, 11) is 1.68. The van der Waals surface area contributed by atoms with E-state index in [2.05, 4.69) is 32.1 Å². The zero-order chi connectivity index (χ0) is 26.3. The molecule has 1 aromatic heterocycles. The van der Waals surface area contributed by atoms with Crippen molar-refractivity contribution in [3.8, 4) is 5.75 Å². The number of aromatic nitrogens is 3. The average molecular weight is 527 g/mol. The lowest BCUT2D eigenvalue weighted by atomic mass is 10.1. The number of nitrogens with one attached hydrogen (secondary N) is 1. The summed E-state index contributed by atoms with van der Waals surface area (Å²) in [5.74, 6) is 2.83. The maximum Gasteiger partial charge on any atom is 0.409 e. The molecule has 0 saturated carbocycles. The van der Waals surface area contributed by atoms with Gasteiger partial charge in [-0.15, -0.1) is 0 Å². The first-order chi connectivity index (χ1) is 18.6. The van der Waals surface area contributed by atoms with Gasteiger partial charge in [-0.2, -0.15) is 15.0 Å². The number of hydrogen-bond donors (Lipinski definition) is 1. The van der Waals surface area contributed by atoms with Crippen molar-refractivity contribution in [1.82, 2.24) is 19.9 Å². The molecule has 0 atom stereocenters. The second-order valence-corrected chi connectivity index (χ2v) is 9.64. The van der Waals surface area contributed by atoms with Gasteiger partial charge in [0.15, 0.2) is 0 Å². The molecule has 38 heavy (non-hydrogen) atoms. The predicted octanol–water partition coefficient (Wildman–Crippen LogP) is 2.08. The Labute approximate surface area is 223 Å². The van der Waals surface area contributed by atoms with E-state index in [0.717, 1.165) is 57.9 Å². The number of carbonyl (C=O) groups excluding carboxylic acids is 1. The van der Waals surface area contributed by atoms with Crippen LogP contribution in [-0.2, 0) is 9.47 Å². The van der Waals surface area contributed by atoms with Crippen molar-refractivity contribution in [3.63, 3.8) is 0 Å². The van der Waals surface area contributed by atoms with Crippen LogP contribution in [0, 0.1) is 0 Å². The van der Waals surface area contributed by atoms with Gasteiger partial charge in [0.2, 0.25) is 17.8 Å². The third kappa shape index (κ3) is 6.29. The highest BCUT2D eigenvalue weighted by atomic mass is 16.6. The lowest BCUT2D eigenvalue weighted by Crippen LogP contribution is -2.47. The minimum Gasteiger partial charge on any atom is -0.497 e. The standard InChI is InChI=1S/C26H38N8O4/c1-3-38-26(35)34-10-8-20(9-11-34)27-23-28-24(30-25(29-23)33-16-18-37-19-17-33)32-14-12-31(13-15-32)21-4-6-22(36-2)7-5-21/h4-7,20H,3,8-19H2,1-2H3,(H,27,28,29,30). The first kappa shape index (κ1) is 26.1. The molecule has 3 aliphatic heterocycles. The average Bonchev–Trinajstić information content (AvgIpc) is 2.98. The van der Waals surface area contributed by atoms with Gasteiger partial charge in [-0.05, 0) is 44.0 Å². The Morgan fingerprint density at radius 2 is 1.50 bits per heavy atom. The lowest BCUT2D eigenvalue weighted by molar-refractivity contribution is 0.0983. The summed E-state index contributed by atoms with van der Waals surface area (Å²) in [4.78, 5) is 35.1. The predicted molar refractivity (Wildman–Crippen MR) is 146 cm³/mol. The molecule has 3 fully saturated rings. The smallest absolute Gasteiger partial charge is 0.409 e. The van der Waals surface area contributed by atoms with Crippen LogP contribution in [0.25, 0.3) is 0 Å². The van der Waals surface area contributed by atoms with E-state index in [1.807, 2.05) is 19.1 Å². The van der Waals surface area contributed by atoms with Crippen molar-refractivity contribution >= 4 is 29.6 Å². The third-order valence-electron chi connectivity index (χ3n) is 7.26. The summed E-state index contributed by atoms with van der Waals surface area (Å²) < 4.78 is 16.0. The van der Waals surface area contributed by atoms with E-state index < -0.39 is 0 Å². The Morgan fingerprint density at radius 3 is 2.11 bits per heavy atom. The number of benzene rings is 1. The lowest BCUT2D eigenvalue weighted by Gasteiger charge is -2.37. The number of morpholine rings is 1. The van der Waals surface area contributed by atoms with Crippen molar-refractivity contribution in [2.24, 2.45) is 0 Å². The quantitative estimate of drug-likeness (QED) is 0.573. The van der Waals surface area contributed by atoms with Gasteiger partial charge in [-0.3, -0.25) is 0 Å². The van der Waals surface area contributed by atoms with Crippen LogP contribution in [0.15, 0.2) is 24.3 Å². The molecular weight excluding hydrogens is 488 g/mol. The highest BCUT2D eigenvalue weighted by Gasteiger charge is 2.26. The summed E-state index contributed by atoms with van der Waals surface area (Å²) >= 11 is 0. The molecular formula is C26H38N8O4. The van der Waals surface area contributed by atoms with E-state index in [0.29, 0.717) is 50.8 Å². The molecule has 2 aromatic rings. The number of carbonyl (C=O) groups is 1. The Morgan fingerprint density at radius 1 is 0.895 bits per heavy atom. The van der Waals surface area contributed by atoms with Crippen LogP contribution in [0.5, 0.6) is 5.75 Å². The van der Waals surface area contributed by atoms with Crippen LogP contribution in [0.2, 0.25) is 0 Å². The van der Waals surface area contributed by atoms with E-state index in [4.69, 9.17) is 29.2 Å². The van der Waals surface area contributed by atoms with Crippen LogP contribution < -0.4 is 24.8 Å². The maximum absolute atomic E-state index is 12.1. The minimum absolute atomic E-state index is 0.181. The Hall–Kier alpha value is -3.54. The van der Waals surface area contributed by atoms with Crippen LogP contribution >= 0.6 is 0 Å². The second kappa shape index (κ2) is 12.3. The molecule has 0 aliphatic carbocycles. The largest absolute Gasteiger partial charge is 0.497 e. The summed E-state index contributed by atoms with van der Waals surface area (Å²) in [5.41, 5.74) is 1.19. The Bertz CT molecular complexity index is 1050. The topological polar surface area (TPSA) is 108 Å². The molecule has 12 heteroatoms. The van der Waals surface area contributed by atoms with Gasteiger partial charge >= 0.3 is 6.09 Å². The number of rotatable bonds is 7. The van der Waals surface area contributed by atoms with Gasteiger partial charge in [0.1, 0.15) is 5.75 Å².